The van der Waals surface area contributed by atoms with E-state index in [1.165, 1.54) is 0 Å². The molecule has 0 spiro atoms. The summed E-state index contributed by atoms with van der Waals surface area (Å²) in [7, 11) is 0. The quantitative estimate of drug-likeness (QED) is 0.274. The van der Waals surface area contributed by atoms with Gasteiger partial charge >= 0.3 is 0 Å². The van der Waals surface area contributed by atoms with Crippen molar-refractivity contribution >= 4 is 0 Å². The highest BCUT2D eigenvalue weighted by Crippen LogP contribution is 2.02. The van der Waals surface area contributed by atoms with Crippen molar-refractivity contribution in [1.82, 2.24) is 0 Å². The first-order valence-electron chi connectivity index (χ1n) is 4.72. The molecular weight excluding hydrogens is 166 g/mol. The van der Waals surface area contributed by atoms with Crippen LogP contribution in [0.4, 0.5) is 0 Å². The molecule has 0 aromatic carbocycles. The average Bonchev–Trinajstić information content (AvgIpc) is 2.10. The van der Waals surface area contributed by atoms with E-state index < -0.39 is 0 Å². The Morgan fingerprint density at radius 3 is 2.62 bits per heavy atom. The van der Waals surface area contributed by atoms with E-state index in [2.05, 4.69) is 6.92 Å². The molecule has 0 amide bonds. The lowest BCUT2D eigenvalue weighted by Crippen LogP contribution is -1.95. The van der Waals surface area contributed by atoms with Crippen molar-refractivity contribution < 1.29 is 4.92 Å². The topological polar surface area (TPSA) is 43.1 Å². The minimum Gasteiger partial charge on any atom is -0.259 e. The molecule has 0 atom stereocenters. The van der Waals surface area contributed by atoms with E-state index in [1.807, 2.05) is 6.08 Å². The number of allylic oxidation sites excluding steroid dienone is 4. The van der Waals surface area contributed by atoms with E-state index in [-0.39, 0.29) is 10.6 Å². The van der Waals surface area contributed by atoms with Gasteiger partial charge in [0.05, 0.1) is 4.92 Å². The molecule has 0 aliphatic carbocycles. The van der Waals surface area contributed by atoms with Crippen LogP contribution < -0.4 is 0 Å². The van der Waals surface area contributed by atoms with Gasteiger partial charge in [0.15, 0.2) is 0 Å². The first-order chi connectivity index (χ1) is 6.22. The van der Waals surface area contributed by atoms with Crippen LogP contribution in [0.15, 0.2) is 23.9 Å². The molecule has 0 aromatic heterocycles. The number of nitro groups is 1. The SMILES string of the molecule is CCCC/C=C\C=C(/CC)[N+](=O)[O-]. The Morgan fingerprint density at radius 2 is 2.15 bits per heavy atom. The van der Waals surface area contributed by atoms with Crippen LogP contribution in [0.3, 0.4) is 0 Å². The third kappa shape index (κ3) is 6.08. The van der Waals surface area contributed by atoms with Gasteiger partial charge < -0.3 is 0 Å². The zero-order valence-corrected chi connectivity index (χ0v) is 8.32. The molecule has 0 radical (unpaired) electrons. The first kappa shape index (κ1) is 11.9. The molecule has 0 bridgehead atoms. The van der Waals surface area contributed by atoms with E-state index in [0.29, 0.717) is 6.42 Å². The van der Waals surface area contributed by atoms with Crippen LogP contribution in [-0.4, -0.2) is 4.92 Å². The fourth-order valence-electron chi connectivity index (χ4n) is 0.905. The summed E-state index contributed by atoms with van der Waals surface area (Å²) in [5.41, 5.74) is 0.271. The highest BCUT2D eigenvalue weighted by Gasteiger charge is 2.03. The summed E-state index contributed by atoms with van der Waals surface area (Å²) >= 11 is 0. The van der Waals surface area contributed by atoms with Crippen LogP contribution in [-0.2, 0) is 0 Å². The average molecular weight is 183 g/mol. The predicted molar refractivity (Wildman–Crippen MR) is 54.0 cm³/mol. The molecule has 0 N–H and O–H groups in total. The van der Waals surface area contributed by atoms with Crippen molar-refractivity contribution in [2.75, 3.05) is 0 Å². The summed E-state index contributed by atoms with van der Waals surface area (Å²) in [6, 6.07) is 0. The monoisotopic (exact) mass is 183 g/mol. The molecule has 0 saturated heterocycles. The lowest BCUT2D eigenvalue weighted by atomic mass is 10.2. The minimum atomic E-state index is -0.329. The zero-order chi connectivity index (χ0) is 10.1. The summed E-state index contributed by atoms with van der Waals surface area (Å²) < 4.78 is 0. The summed E-state index contributed by atoms with van der Waals surface area (Å²) in [6.45, 7) is 3.91. The standard InChI is InChI=1S/C10H17NO2/c1-3-5-6-7-8-9-10(4-2)11(12)13/h7-9H,3-6H2,1-2H3/b8-7-,10-9+. The van der Waals surface area contributed by atoms with Gasteiger partial charge in [-0.1, -0.05) is 38.8 Å². The normalized spacial score (nSPS) is 12.3. The predicted octanol–water partition coefficient (Wildman–Crippen LogP) is 3.30. The number of rotatable bonds is 6. The Bertz CT molecular complexity index is 207. The zero-order valence-electron chi connectivity index (χ0n) is 8.32. The maximum absolute atomic E-state index is 10.4. The molecule has 74 valence electrons. The molecule has 13 heavy (non-hydrogen) atoms. The lowest BCUT2D eigenvalue weighted by Gasteiger charge is -1.90. The molecular formula is C10H17NO2. The lowest BCUT2D eigenvalue weighted by molar-refractivity contribution is -0.427. The second-order valence-electron chi connectivity index (χ2n) is 2.84. The Morgan fingerprint density at radius 1 is 1.46 bits per heavy atom. The Kier molecular flexibility index (Phi) is 6.88. The summed E-state index contributed by atoms with van der Waals surface area (Å²) in [5, 5.41) is 10.4. The highest BCUT2D eigenvalue weighted by atomic mass is 16.6. The van der Waals surface area contributed by atoms with Gasteiger partial charge in [0.1, 0.15) is 0 Å². The first-order valence-corrected chi connectivity index (χ1v) is 4.72. The van der Waals surface area contributed by atoms with Crippen molar-refractivity contribution in [1.29, 1.82) is 0 Å². The second-order valence-corrected chi connectivity index (χ2v) is 2.84. The third-order valence-electron chi connectivity index (χ3n) is 1.75. The van der Waals surface area contributed by atoms with Crippen LogP contribution >= 0.6 is 0 Å². The van der Waals surface area contributed by atoms with Crippen LogP contribution in [0.25, 0.3) is 0 Å². The molecule has 0 aliphatic heterocycles. The van der Waals surface area contributed by atoms with Crippen LogP contribution in [0.1, 0.15) is 39.5 Å². The minimum absolute atomic E-state index is 0.271. The highest BCUT2D eigenvalue weighted by molar-refractivity contribution is 5.06. The summed E-state index contributed by atoms with van der Waals surface area (Å²) in [6.07, 6.45) is 9.11. The smallest absolute Gasteiger partial charge is 0.245 e. The maximum Gasteiger partial charge on any atom is 0.245 e. The molecule has 3 heteroatoms. The van der Waals surface area contributed by atoms with E-state index in [9.17, 15) is 10.1 Å². The van der Waals surface area contributed by atoms with Gasteiger partial charge in [-0.25, -0.2) is 0 Å². The van der Waals surface area contributed by atoms with Gasteiger partial charge in [0, 0.05) is 12.5 Å². The number of unbranched alkanes of at least 4 members (excludes halogenated alkanes) is 2. The molecule has 0 aromatic rings. The van der Waals surface area contributed by atoms with E-state index in [0.717, 1.165) is 19.3 Å². The van der Waals surface area contributed by atoms with Crippen LogP contribution in [0.2, 0.25) is 0 Å². The van der Waals surface area contributed by atoms with Crippen molar-refractivity contribution in [3.63, 3.8) is 0 Å². The molecule has 0 heterocycles. The van der Waals surface area contributed by atoms with Gasteiger partial charge in [0.2, 0.25) is 5.70 Å². The molecule has 0 aliphatic rings. The summed E-state index contributed by atoms with van der Waals surface area (Å²) in [5.74, 6) is 0. The fourth-order valence-corrected chi connectivity index (χ4v) is 0.905. The van der Waals surface area contributed by atoms with Crippen molar-refractivity contribution in [2.45, 2.75) is 39.5 Å². The van der Waals surface area contributed by atoms with E-state index in [1.54, 1.807) is 19.1 Å². The number of hydrogen-bond acceptors (Lipinski definition) is 2. The number of nitrogens with zero attached hydrogens (tertiary/aromatic N) is 1. The van der Waals surface area contributed by atoms with Gasteiger partial charge in [-0.15, -0.1) is 0 Å². The molecule has 0 unspecified atom stereocenters. The summed E-state index contributed by atoms with van der Waals surface area (Å²) in [4.78, 5) is 10.0. The van der Waals surface area contributed by atoms with Crippen molar-refractivity contribution in [3.8, 4) is 0 Å². The molecule has 3 nitrogen and oxygen atoms in total. The van der Waals surface area contributed by atoms with Crippen molar-refractivity contribution in [3.05, 3.63) is 34.0 Å². The Hall–Kier alpha value is -1.12. The van der Waals surface area contributed by atoms with E-state index >= 15 is 0 Å². The largest absolute Gasteiger partial charge is 0.259 e. The third-order valence-corrected chi connectivity index (χ3v) is 1.75. The van der Waals surface area contributed by atoms with Gasteiger partial charge in [-0.05, 0) is 6.42 Å². The van der Waals surface area contributed by atoms with Crippen LogP contribution in [0.5, 0.6) is 0 Å². The van der Waals surface area contributed by atoms with Gasteiger partial charge in [-0.3, -0.25) is 10.1 Å². The second kappa shape index (κ2) is 7.53. The fraction of sp³-hybridized carbons (Fsp3) is 0.600. The van der Waals surface area contributed by atoms with Gasteiger partial charge in [-0.2, -0.15) is 0 Å². The Labute approximate surface area is 79.3 Å². The van der Waals surface area contributed by atoms with Crippen LogP contribution in [0, 0.1) is 10.1 Å². The van der Waals surface area contributed by atoms with Crippen molar-refractivity contribution in [2.24, 2.45) is 0 Å². The molecule has 0 rings (SSSR count). The maximum atomic E-state index is 10.4. The van der Waals surface area contributed by atoms with E-state index in [4.69, 9.17) is 0 Å². The molecule has 0 saturated carbocycles. The van der Waals surface area contributed by atoms with Gasteiger partial charge in [0.25, 0.3) is 0 Å². The Balaban J connectivity index is 3.91. The molecule has 0 fully saturated rings. The number of hydrogen-bond donors (Lipinski definition) is 0.